The van der Waals surface area contributed by atoms with Gasteiger partial charge in [-0.25, -0.2) is 13.1 Å². The van der Waals surface area contributed by atoms with E-state index in [-0.39, 0.29) is 10.9 Å². The summed E-state index contributed by atoms with van der Waals surface area (Å²) in [6.07, 6.45) is 1.45. The predicted octanol–water partition coefficient (Wildman–Crippen LogP) is 1.15. The first kappa shape index (κ1) is 17.9. The molecule has 1 aromatic carbocycles. The molecule has 7 heteroatoms. The van der Waals surface area contributed by atoms with Crippen LogP contribution in [0.5, 0.6) is 0 Å². The van der Waals surface area contributed by atoms with Gasteiger partial charge in [0, 0.05) is 26.2 Å². The molecule has 4 N–H and O–H groups in total. The van der Waals surface area contributed by atoms with Crippen molar-refractivity contribution in [1.29, 1.82) is 0 Å². The van der Waals surface area contributed by atoms with E-state index in [2.05, 4.69) is 10.0 Å². The molecule has 1 atom stereocenters. The summed E-state index contributed by atoms with van der Waals surface area (Å²) >= 11 is 0. The van der Waals surface area contributed by atoms with Gasteiger partial charge in [-0.2, -0.15) is 0 Å². The van der Waals surface area contributed by atoms with Crippen LogP contribution in [0.1, 0.15) is 19.8 Å². The van der Waals surface area contributed by atoms with E-state index in [9.17, 15) is 8.42 Å². The van der Waals surface area contributed by atoms with Crippen molar-refractivity contribution in [2.45, 2.75) is 30.7 Å². The van der Waals surface area contributed by atoms with E-state index < -0.39 is 10.0 Å². The van der Waals surface area contributed by atoms with Gasteiger partial charge in [-0.1, -0.05) is 19.1 Å². The molecule has 0 radical (unpaired) electrons. The van der Waals surface area contributed by atoms with Crippen molar-refractivity contribution in [3.05, 3.63) is 24.3 Å². The highest BCUT2D eigenvalue weighted by atomic mass is 32.2. The molecule has 0 aliphatic rings. The zero-order valence-electron chi connectivity index (χ0n) is 12.6. The van der Waals surface area contributed by atoms with E-state index in [1.165, 1.54) is 0 Å². The van der Waals surface area contributed by atoms with E-state index in [1.54, 1.807) is 31.4 Å². The maximum atomic E-state index is 12.2. The molecule has 0 fully saturated rings. The van der Waals surface area contributed by atoms with Gasteiger partial charge in [0.15, 0.2) is 0 Å². The van der Waals surface area contributed by atoms with Gasteiger partial charge in [0.05, 0.1) is 12.3 Å². The maximum Gasteiger partial charge on any atom is 0.242 e. The van der Waals surface area contributed by atoms with Crippen LogP contribution in [0.15, 0.2) is 29.2 Å². The molecule has 0 heterocycles. The topological polar surface area (TPSA) is 93.5 Å². The van der Waals surface area contributed by atoms with Crippen molar-refractivity contribution >= 4 is 15.7 Å². The summed E-state index contributed by atoms with van der Waals surface area (Å²) in [6, 6.07) is 6.79. The standard InChI is InChI=1S/C14H25N3O3S/c1-3-9-17-21(18,19)14-7-5-4-6-13(14)16-10-8-12(15)11-20-2/h4-7,12,16-17H,3,8-11,15H2,1-2H3. The molecule has 0 saturated carbocycles. The van der Waals surface area contributed by atoms with Crippen LogP contribution in [-0.4, -0.2) is 41.3 Å². The number of rotatable bonds is 10. The molecule has 0 aliphatic carbocycles. The summed E-state index contributed by atoms with van der Waals surface area (Å²) in [5, 5.41) is 3.13. The fraction of sp³-hybridized carbons (Fsp3) is 0.571. The number of sulfonamides is 1. The maximum absolute atomic E-state index is 12.2. The Morgan fingerprint density at radius 3 is 2.67 bits per heavy atom. The van der Waals surface area contributed by atoms with Gasteiger partial charge >= 0.3 is 0 Å². The summed E-state index contributed by atoms with van der Waals surface area (Å²) < 4.78 is 32.0. The summed E-state index contributed by atoms with van der Waals surface area (Å²) in [6.45, 7) is 3.42. The minimum atomic E-state index is -3.48. The van der Waals surface area contributed by atoms with Crippen LogP contribution >= 0.6 is 0 Å². The first-order valence-electron chi connectivity index (χ1n) is 7.08. The minimum Gasteiger partial charge on any atom is -0.384 e. The normalized spacial score (nSPS) is 13.1. The van der Waals surface area contributed by atoms with Crippen molar-refractivity contribution in [1.82, 2.24) is 4.72 Å². The average molecular weight is 315 g/mol. The molecule has 0 saturated heterocycles. The SMILES string of the molecule is CCCNS(=O)(=O)c1ccccc1NCCC(N)COC. The smallest absolute Gasteiger partial charge is 0.242 e. The summed E-state index contributed by atoms with van der Waals surface area (Å²) in [5.74, 6) is 0. The Balaban J connectivity index is 2.71. The number of para-hydroxylation sites is 1. The molecular formula is C14H25N3O3S. The van der Waals surface area contributed by atoms with Gasteiger partial charge in [0.2, 0.25) is 10.0 Å². The molecule has 1 rings (SSSR count). The minimum absolute atomic E-state index is 0.0653. The van der Waals surface area contributed by atoms with Crippen molar-refractivity contribution in [2.75, 3.05) is 32.1 Å². The Morgan fingerprint density at radius 2 is 2.00 bits per heavy atom. The molecule has 0 aromatic heterocycles. The van der Waals surface area contributed by atoms with Crippen molar-refractivity contribution in [2.24, 2.45) is 5.73 Å². The zero-order chi connectivity index (χ0) is 15.7. The number of benzene rings is 1. The van der Waals surface area contributed by atoms with E-state index in [0.717, 1.165) is 6.42 Å². The monoisotopic (exact) mass is 315 g/mol. The largest absolute Gasteiger partial charge is 0.384 e. The van der Waals surface area contributed by atoms with Gasteiger partial charge in [-0.3, -0.25) is 0 Å². The molecule has 6 nitrogen and oxygen atoms in total. The van der Waals surface area contributed by atoms with Crippen molar-refractivity contribution in [3.63, 3.8) is 0 Å². The molecule has 0 spiro atoms. The highest BCUT2D eigenvalue weighted by molar-refractivity contribution is 7.89. The van der Waals surface area contributed by atoms with Gasteiger partial charge < -0.3 is 15.8 Å². The number of anilines is 1. The van der Waals surface area contributed by atoms with Crippen LogP contribution in [0, 0.1) is 0 Å². The quantitative estimate of drug-likeness (QED) is 0.602. The van der Waals surface area contributed by atoms with E-state index >= 15 is 0 Å². The van der Waals surface area contributed by atoms with Crippen molar-refractivity contribution < 1.29 is 13.2 Å². The number of methoxy groups -OCH3 is 1. The third kappa shape index (κ3) is 6.01. The van der Waals surface area contributed by atoms with E-state index in [0.29, 0.717) is 31.8 Å². The lowest BCUT2D eigenvalue weighted by atomic mass is 10.2. The summed E-state index contributed by atoms with van der Waals surface area (Å²) in [5.41, 5.74) is 6.43. The van der Waals surface area contributed by atoms with E-state index in [4.69, 9.17) is 10.5 Å². The first-order chi connectivity index (χ1) is 10.0. The molecule has 21 heavy (non-hydrogen) atoms. The number of hydrogen-bond donors (Lipinski definition) is 3. The number of hydrogen-bond acceptors (Lipinski definition) is 5. The number of nitrogens with one attached hydrogen (secondary N) is 2. The van der Waals surface area contributed by atoms with E-state index in [1.807, 2.05) is 6.92 Å². The molecule has 120 valence electrons. The lowest BCUT2D eigenvalue weighted by molar-refractivity contribution is 0.178. The molecule has 1 aromatic rings. The van der Waals surface area contributed by atoms with Crippen LogP contribution in [0.25, 0.3) is 0 Å². The Bertz CT molecular complexity index is 520. The molecular weight excluding hydrogens is 290 g/mol. The lowest BCUT2D eigenvalue weighted by Crippen LogP contribution is -2.29. The van der Waals surface area contributed by atoms with Crippen LogP contribution in [0.4, 0.5) is 5.69 Å². The second-order valence-electron chi connectivity index (χ2n) is 4.82. The Labute approximate surface area is 127 Å². The zero-order valence-corrected chi connectivity index (χ0v) is 13.4. The van der Waals surface area contributed by atoms with Crippen LogP contribution in [0.3, 0.4) is 0 Å². The van der Waals surface area contributed by atoms with Gasteiger partial charge in [-0.15, -0.1) is 0 Å². The fourth-order valence-electron chi connectivity index (χ4n) is 1.85. The third-order valence-electron chi connectivity index (χ3n) is 2.93. The molecule has 0 bridgehead atoms. The van der Waals surface area contributed by atoms with Gasteiger partial charge in [0.1, 0.15) is 4.90 Å². The second kappa shape index (κ2) is 8.99. The second-order valence-corrected chi connectivity index (χ2v) is 6.56. The summed E-state index contributed by atoms with van der Waals surface area (Å²) in [7, 11) is -1.88. The van der Waals surface area contributed by atoms with Crippen LogP contribution in [0.2, 0.25) is 0 Å². The Hall–Kier alpha value is -1.15. The number of nitrogens with two attached hydrogens (primary N) is 1. The average Bonchev–Trinajstić information content (AvgIpc) is 2.46. The number of ether oxygens (including phenoxy) is 1. The Kier molecular flexibility index (Phi) is 7.66. The van der Waals surface area contributed by atoms with Gasteiger partial charge in [0.25, 0.3) is 0 Å². The fourth-order valence-corrected chi connectivity index (χ4v) is 3.17. The third-order valence-corrected chi connectivity index (χ3v) is 4.45. The van der Waals surface area contributed by atoms with Crippen LogP contribution < -0.4 is 15.8 Å². The molecule has 0 amide bonds. The molecule has 0 aliphatic heterocycles. The van der Waals surface area contributed by atoms with Crippen molar-refractivity contribution in [3.8, 4) is 0 Å². The molecule has 1 unspecified atom stereocenters. The highest BCUT2D eigenvalue weighted by Crippen LogP contribution is 2.20. The lowest BCUT2D eigenvalue weighted by Gasteiger charge is -2.15. The predicted molar refractivity (Wildman–Crippen MR) is 84.9 cm³/mol. The van der Waals surface area contributed by atoms with Crippen LogP contribution in [-0.2, 0) is 14.8 Å². The first-order valence-corrected chi connectivity index (χ1v) is 8.56. The van der Waals surface area contributed by atoms with Gasteiger partial charge in [-0.05, 0) is 25.0 Å². The Morgan fingerprint density at radius 1 is 1.29 bits per heavy atom. The summed E-state index contributed by atoms with van der Waals surface area (Å²) in [4.78, 5) is 0.263. The highest BCUT2D eigenvalue weighted by Gasteiger charge is 2.17.